The van der Waals surface area contributed by atoms with Gasteiger partial charge in [0.15, 0.2) is 0 Å². The Kier molecular flexibility index (Phi) is 7.22. The summed E-state index contributed by atoms with van der Waals surface area (Å²) in [5, 5.41) is 8.93. The topological polar surface area (TPSA) is 70.2 Å². The van der Waals surface area contributed by atoms with Gasteiger partial charge in [0.1, 0.15) is 0 Å². The van der Waals surface area contributed by atoms with E-state index in [-0.39, 0.29) is 18.4 Å². The highest BCUT2D eigenvalue weighted by Gasteiger charge is 2.07. The van der Waals surface area contributed by atoms with Crippen LogP contribution in [-0.4, -0.2) is 18.4 Å². The molecule has 5 nitrogen and oxygen atoms in total. The number of aryl methyl sites for hydroxylation is 3. The van der Waals surface area contributed by atoms with Gasteiger partial charge in [-0.25, -0.2) is 0 Å². The first-order chi connectivity index (χ1) is 14.5. The van der Waals surface area contributed by atoms with E-state index in [4.69, 9.17) is 0 Å². The lowest BCUT2D eigenvalue weighted by Gasteiger charge is -2.12. The summed E-state index contributed by atoms with van der Waals surface area (Å²) in [5.41, 5.74) is 5.61. The fourth-order valence-corrected chi connectivity index (χ4v) is 3.16. The van der Waals surface area contributed by atoms with E-state index in [1.54, 1.807) is 0 Å². The Hall–Kier alpha value is -3.60. The molecule has 2 amide bonds. The summed E-state index contributed by atoms with van der Waals surface area (Å²) in [6.07, 6.45) is 1.11. The summed E-state index contributed by atoms with van der Waals surface area (Å²) in [4.78, 5) is 24.5. The summed E-state index contributed by atoms with van der Waals surface area (Å²) >= 11 is 0. The molecule has 0 bridgehead atoms. The van der Waals surface area contributed by atoms with E-state index in [0.29, 0.717) is 18.5 Å². The third-order valence-corrected chi connectivity index (χ3v) is 4.74. The van der Waals surface area contributed by atoms with Gasteiger partial charge < -0.3 is 16.0 Å². The Morgan fingerprint density at radius 3 is 2.30 bits per heavy atom. The first kappa shape index (κ1) is 21.1. The summed E-state index contributed by atoms with van der Waals surface area (Å²) in [6.45, 7) is 4.13. The molecule has 0 saturated carbocycles. The van der Waals surface area contributed by atoms with E-state index in [0.717, 1.165) is 28.1 Å². The number of carbonyl (C=O) groups excluding carboxylic acids is 2. The highest BCUT2D eigenvalue weighted by molar-refractivity contribution is 5.95. The predicted octanol–water partition coefficient (Wildman–Crippen LogP) is 4.93. The van der Waals surface area contributed by atoms with Gasteiger partial charge in [-0.3, -0.25) is 9.59 Å². The Balaban J connectivity index is 1.48. The van der Waals surface area contributed by atoms with E-state index >= 15 is 0 Å². The normalized spacial score (nSPS) is 10.3. The molecule has 3 N–H and O–H groups in total. The second-order valence-electron chi connectivity index (χ2n) is 7.33. The monoisotopic (exact) mass is 401 g/mol. The van der Waals surface area contributed by atoms with Gasteiger partial charge in [-0.15, -0.1) is 0 Å². The number of benzene rings is 3. The van der Waals surface area contributed by atoms with E-state index in [2.05, 4.69) is 16.0 Å². The van der Waals surface area contributed by atoms with Crippen LogP contribution in [0.15, 0.2) is 72.8 Å². The van der Waals surface area contributed by atoms with Crippen molar-refractivity contribution in [1.82, 2.24) is 0 Å². The second-order valence-corrected chi connectivity index (χ2v) is 7.33. The molecule has 0 heterocycles. The van der Waals surface area contributed by atoms with Crippen molar-refractivity contribution in [3.05, 3.63) is 89.5 Å². The minimum Gasteiger partial charge on any atom is -0.376 e. The van der Waals surface area contributed by atoms with Crippen LogP contribution in [0.1, 0.15) is 23.1 Å². The molecule has 30 heavy (non-hydrogen) atoms. The minimum atomic E-state index is -0.126. The van der Waals surface area contributed by atoms with Crippen molar-refractivity contribution in [3.8, 4) is 0 Å². The number of rotatable bonds is 8. The van der Waals surface area contributed by atoms with Crippen LogP contribution in [-0.2, 0) is 16.0 Å². The molecule has 0 aliphatic carbocycles. The Labute approximate surface area is 177 Å². The zero-order valence-corrected chi connectivity index (χ0v) is 17.4. The predicted molar refractivity (Wildman–Crippen MR) is 123 cm³/mol. The average Bonchev–Trinajstić information content (AvgIpc) is 2.74. The number of nitrogens with one attached hydrogen (secondary N) is 3. The molecule has 0 radical (unpaired) electrons. The van der Waals surface area contributed by atoms with Crippen molar-refractivity contribution >= 4 is 28.9 Å². The highest BCUT2D eigenvalue weighted by atomic mass is 16.2. The number of hydrogen-bond donors (Lipinski definition) is 3. The molecule has 0 aromatic heterocycles. The van der Waals surface area contributed by atoms with Crippen molar-refractivity contribution in [2.75, 3.05) is 22.5 Å². The van der Waals surface area contributed by atoms with Crippen LogP contribution in [0, 0.1) is 13.8 Å². The molecule has 0 fully saturated rings. The van der Waals surface area contributed by atoms with Crippen molar-refractivity contribution in [2.24, 2.45) is 0 Å². The lowest BCUT2D eigenvalue weighted by Crippen LogP contribution is -2.22. The quantitative estimate of drug-likeness (QED) is 0.501. The van der Waals surface area contributed by atoms with Crippen molar-refractivity contribution in [2.45, 2.75) is 26.7 Å². The summed E-state index contributed by atoms with van der Waals surface area (Å²) < 4.78 is 0. The van der Waals surface area contributed by atoms with Crippen LogP contribution >= 0.6 is 0 Å². The van der Waals surface area contributed by atoms with Gasteiger partial charge in [0, 0.05) is 23.5 Å². The highest BCUT2D eigenvalue weighted by Crippen LogP contribution is 2.17. The molecule has 0 spiro atoms. The van der Waals surface area contributed by atoms with Gasteiger partial charge in [-0.05, 0) is 55.7 Å². The van der Waals surface area contributed by atoms with Crippen molar-refractivity contribution in [1.29, 1.82) is 0 Å². The number of hydrogen-bond acceptors (Lipinski definition) is 3. The second kappa shape index (κ2) is 10.3. The van der Waals surface area contributed by atoms with E-state index < -0.39 is 0 Å². The zero-order chi connectivity index (χ0) is 21.3. The fraction of sp³-hybridized carbons (Fsp3) is 0.200. The lowest BCUT2D eigenvalue weighted by atomic mass is 10.1. The molecule has 0 unspecified atom stereocenters. The maximum absolute atomic E-state index is 12.3. The fourth-order valence-electron chi connectivity index (χ4n) is 3.16. The largest absolute Gasteiger partial charge is 0.376 e. The van der Waals surface area contributed by atoms with Gasteiger partial charge in [-0.2, -0.15) is 0 Å². The number of carbonyl (C=O) groups is 2. The van der Waals surface area contributed by atoms with Crippen molar-refractivity contribution in [3.63, 3.8) is 0 Å². The van der Waals surface area contributed by atoms with Crippen LogP contribution in [0.4, 0.5) is 17.1 Å². The Morgan fingerprint density at radius 1 is 0.767 bits per heavy atom. The number of amides is 2. The van der Waals surface area contributed by atoms with Crippen LogP contribution in [0.3, 0.4) is 0 Å². The summed E-state index contributed by atoms with van der Waals surface area (Å²) in [6, 6.07) is 23.2. The lowest BCUT2D eigenvalue weighted by molar-refractivity contribution is -0.116. The van der Waals surface area contributed by atoms with Crippen LogP contribution in [0.2, 0.25) is 0 Å². The number of anilines is 3. The molecular formula is C25H27N3O2. The Morgan fingerprint density at radius 2 is 1.53 bits per heavy atom. The van der Waals surface area contributed by atoms with E-state index in [9.17, 15) is 9.59 Å². The molecule has 5 heteroatoms. The minimum absolute atomic E-state index is 0.0383. The summed E-state index contributed by atoms with van der Waals surface area (Å²) in [5.74, 6) is -0.164. The Bertz CT molecular complexity index is 1020. The first-order valence-corrected chi connectivity index (χ1v) is 10.0. The van der Waals surface area contributed by atoms with Gasteiger partial charge in [0.2, 0.25) is 11.8 Å². The third kappa shape index (κ3) is 6.48. The van der Waals surface area contributed by atoms with E-state index in [1.807, 2.05) is 86.6 Å². The van der Waals surface area contributed by atoms with Gasteiger partial charge >= 0.3 is 0 Å². The molecule has 3 rings (SSSR count). The third-order valence-electron chi connectivity index (χ3n) is 4.74. The molecule has 0 aliphatic heterocycles. The molecule has 3 aromatic carbocycles. The van der Waals surface area contributed by atoms with Gasteiger partial charge in [0.05, 0.1) is 6.54 Å². The molecule has 0 saturated heterocycles. The molecule has 3 aromatic rings. The molecule has 0 atom stereocenters. The van der Waals surface area contributed by atoms with Gasteiger partial charge in [0.25, 0.3) is 0 Å². The molecular weight excluding hydrogens is 374 g/mol. The van der Waals surface area contributed by atoms with Gasteiger partial charge in [-0.1, -0.05) is 54.1 Å². The molecule has 154 valence electrons. The zero-order valence-electron chi connectivity index (χ0n) is 17.4. The van der Waals surface area contributed by atoms with E-state index in [1.165, 1.54) is 0 Å². The van der Waals surface area contributed by atoms with Crippen LogP contribution < -0.4 is 16.0 Å². The van der Waals surface area contributed by atoms with Crippen molar-refractivity contribution < 1.29 is 9.59 Å². The molecule has 0 aliphatic rings. The summed E-state index contributed by atoms with van der Waals surface area (Å²) in [7, 11) is 0. The SMILES string of the molecule is Cc1ccc(NC(=O)CNc2cccc(NC(=O)CCc3ccccc3)c2)c(C)c1. The maximum Gasteiger partial charge on any atom is 0.243 e. The van der Waals surface area contributed by atoms with Crippen LogP contribution in [0.25, 0.3) is 0 Å². The smallest absolute Gasteiger partial charge is 0.243 e. The maximum atomic E-state index is 12.3. The average molecular weight is 402 g/mol. The standard InChI is InChI=1S/C25H27N3O2/c1-18-11-13-23(19(2)15-18)28-25(30)17-26-21-9-6-10-22(16-21)27-24(29)14-12-20-7-4-3-5-8-20/h3-11,13,15-16,26H,12,14,17H2,1-2H3,(H,27,29)(H,28,30). The van der Waals surface area contributed by atoms with Crippen LogP contribution in [0.5, 0.6) is 0 Å². The first-order valence-electron chi connectivity index (χ1n) is 10.0.